The van der Waals surface area contributed by atoms with Crippen molar-refractivity contribution in [1.29, 1.82) is 0 Å². The lowest BCUT2D eigenvalue weighted by molar-refractivity contribution is 0.307. The molecular formula is C14H16N6OS2. The van der Waals surface area contributed by atoms with Crippen LogP contribution in [0.4, 0.5) is 0 Å². The maximum absolute atomic E-state index is 5.32. The second-order valence-corrected chi connectivity index (χ2v) is 7.37. The van der Waals surface area contributed by atoms with E-state index in [-0.39, 0.29) is 0 Å². The van der Waals surface area contributed by atoms with Crippen molar-refractivity contribution in [2.45, 2.75) is 49.1 Å². The summed E-state index contributed by atoms with van der Waals surface area (Å²) in [7, 11) is 0. The van der Waals surface area contributed by atoms with Gasteiger partial charge in [0.2, 0.25) is 16.9 Å². The first-order chi connectivity index (χ1) is 11.4. The van der Waals surface area contributed by atoms with Crippen LogP contribution in [-0.2, 0) is 5.75 Å². The molecule has 23 heavy (non-hydrogen) atoms. The van der Waals surface area contributed by atoms with E-state index in [2.05, 4.69) is 25.7 Å². The summed E-state index contributed by atoms with van der Waals surface area (Å²) < 4.78 is 7.28. The number of thiophene rings is 1. The number of nitrogens with zero attached hydrogens (tertiary/aromatic N) is 6. The molecule has 0 saturated heterocycles. The Hall–Kier alpha value is -1.74. The number of hydrogen-bond acceptors (Lipinski definition) is 8. The van der Waals surface area contributed by atoms with Gasteiger partial charge in [-0.3, -0.25) is 0 Å². The molecule has 0 bridgehead atoms. The Morgan fingerprint density at radius 3 is 3.04 bits per heavy atom. The third-order valence-corrected chi connectivity index (χ3v) is 5.70. The Labute approximate surface area is 141 Å². The zero-order valence-electron chi connectivity index (χ0n) is 12.5. The highest BCUT2D eigenvalue weighted by Gasteiger charge is 2.21. The molecule has 3 aromatic heterocycles. The SMILES string of the molecule is c1csc(-c2noc(CSc3nnnn3C3CCCCC3)n2)c1. The van der Waals surface area contributed by atoms with E-state index in [0.29, 0.717) is 23.5 Å². The van der Waals surface area contributed by atoms with Crippen molar-refractivity contribution >= 4 is 23.1 Å². The van der Waals surface area contributed by atoms with Crippen LogP contribution in [0, 0.1) is 0 Å². The molecule has 0 radical (unpaired) electrons. The first-order valence-electron chi connectivity index (χ1n) is 7.67. The molecule has 0 unspecified atom stereocenters. The van der Waals surface area contributed by atoms with E-state index in [0.717, 1.165) is 22.9 Å². The fourth-order valence-corrected chi connectivity index (χ4v) is 4.21. The summed E-state index contributed by atoms with van der Waals surface area (Å²) in [5, 5.41) is 19.0. The summed E-state index contributed by atoms with van der Waals surface area (Å²) in [5.41, 5.74) is 0. The summed E-state index contributed by atoms with van der Waals surface area (Å²) in [4.78, 5) is 5.44. The maximum atomic E-state index is 5.32. The van der Waals surface area contributed by atoms with Crippen molar-refractivity contribution in [3.63, 3.8) is 0 Å². The van der Waals surface area contributed by atoms with Gasteiger partial charge in [-0.2, -0.15) is 4.98 Å². The lowest BCUT2D eigenvalue weighted by Gasteiger charge is -2.21. The van der Waals surface area contributed by atoms with Gasteiger partial charge in [-0.25, -0.2) is 4.68 Å². The molecule has 9 heteroatoms. The van der Waals surface area contributed by atoms with Crippen molar-refractivity contribution in [1.82, 2.24) is 30.3 Å². The van der Waals surface area contributed by atoms with E-state index >= 15 is 0 Å². The third-order valence-electron chi connectivity index (χ3n) is 3.92. The maximum Gasteiger partial charge on any atom is 0.237 e. The van der Waals surface area contributed by atoms with Crippen LogP contribution in [0.3, 0.4) is 0 Å². The van der Waals surface area contributed by atoms with Crippen molar-refractivity contribution in [3.8, 4) is 10.7 Å². The smallest absolute Gasteiger partial charge is 0.237 e. The Morgan fingerprint density at radius 2 is 2.22 bits per heavy atom. The molecule has 0 amide bonds. The predicted octanol–water partition coefficient (Wildman–Crippen LogP) is 3.58. The van der Waals surface area contributed by atoms with E-state index in [1.165, 1.54) is 19.3 Å². The Morgan fingerprint density at radius 1 is 1.30 bits per heavy atom. The normalized spacial score (nSPS) is 16.0. The molecule has 0 atom stereocenters. The van der Waals surface area contributed by atoms with Gasteiger partial charge in [-0.15, -0.1) is 16.4 Å². The van der Waals surface area contributed by atoms with Gasteiger partial charge in [0, 0.05) is 0 Å². The van der Waals surface area contributed by atoms with Crippen molar-refractivity contribution in [2.24, 2.45) is 0 Å². The van der Waals surface area contributed by atoms with Gasteiger partial charge in [0.15, 0.2) is 0 Å². The predicted molar refractivity (Wildman–Crippen MR) is 87.1 cm³/mol. The first-order valence-corrected chi connectivity index (χ1v) is 9.54. The summed E-state index contributed by atoms with van der Waals surface area (Å²) in [6.45, 7) is 0. The fraction of sp³-hybridized carbons (Fsp3) is 0.500. The largest absolute Gasteiger partial charge is 0.338 e. The first kappa shape index (κ1) is 14.8. The summed E-state index contributed by atoms with van der Waals surface area (Å²) >= 11 is 3.14. The van der Waals surface area contributed by atoms with Crippen molar-refractivity contribution in [3.05, 3.63) is 23.4 Å². The molecule has 1 aliphatic carbocycles. The van der Waals surface area contributed by atoms with Crippen molar-refractivity contribution in [2.75, 3.05) is 0 Å². The van der Waals surface area contributed by atoms with Gasteiger partial charge in [0.05, 0.1) is 16.7 Å². The highest BCUT2D eigenvalue weighted by atomic mass is 32.2. The number of thioether (sulfide) groups is 1. The van der Waals surface area contributed by atoms with E-state index in [9.17, 15) is 0 Å². The fourth-order valence-electron chi connectivity index (χ4n) is 2.78. The van der Waals surface area contributed by atoms with Crippen LogP contribution in [0.1, 0.15) is 44.0 Å². The Balaban J connectivity index is 1.42. The van der Waals surface area contributed by atoms with E-state index < -0.39 is 0 Å². The van der Waals surface area contributed by atoms with Crippen LogP contribution < -0.4 is 0 Å². The zero-order valence-corrected chi connectivity index (χ0v) is 14.1. The minimum absolute atomic E-state index is 0.422. The van der Waals surface area contributed by atoms with Gasteiger partial charge in [0.25, 0.3) is 0 Å². The van der Waals surface area contributed by atoms with Crippen molar-refractivity contribution < 1.29 is 4.52 Å². The monoisotopic (exact) mass is 348 g/mol. The number of aromatic nitrogens is 6. The van der Waals surface area contributed by atoms with Gasteiger partial charge in [0.1, 0.15) is 0 Å². The summed E-state index contributed by atoms with van der Waals surface area (Å²) in [6, 6.07) is 4.38. The molecule has 120 valence electrons. The minimum Gasteiger partial charge on any atom is -0.338 e. The average Bonchev–Trinajstić information content (AvgIpc) is 3.33. The molecule has 0 spiro atoms. The number of tetrazole rings is 1. The molecule has 3 aromatic rings. The lowest BCUT2D eigenvalue weighted by atomic mass is 9.96. The molecular weight excluding hydrogens is 332 g/mol. The van der Waals surface area contributed by atoms with Crippen LogP contribution in [-0.4, -0.2) is 30.3 Å². The highest BCUT2D eigenvalue weighted by molar-refractivity contribution is 7.98. The number of hydrogen-bond donors (Lipinski definition) is 0. The van der Waals surface area contributed by atoms with E-state index in [1.807, 2.05) is 22.2 Å². The molecule has 4 rings (SSSR count). The molecule has 0 aromatic carbocycles. The molecule has 1 aliphatic rings. The second-order valence-electron chi connectivity index (χ2n) is 5.48. The topological polar surface area (TPSA) is 82.5 Å². The molecule has 1 fully saturated rings. The van der Waals surface area contributed by atoms with Crippen LogP contribution in [0.5, 0.6) is 0 Å². The van der Waals surface area contributed by atoms with Crippen LogP contribution in [0.25, 0.3) is 10.7 Å². The number of rotatable bonds is 5. The van der Waals surface area contributed by atoms with Crippen LogP contribution in [0.2, 0.25) is 0 Å². The standard InChI is InChI=1S/C14H16N6OS2/c1-2-5-10(6-3-1)20-14(16-18-19-20)23-9-12-15-13(17-21-12)11-7-4-8-22-11/h4,7-8,10H,1-3,5-6,9H2. The molecule has 3 heterocycles. The Bertz CT molecular complexity index is 747. The van der Waals surface area contributed by atoms with Gasteiger partial charge in [-0.05, 0) is 34.7 Å². The molecule has 0 aliphatic heterocycles. The van der Waals surface area contributed by atoms with Crippen LogP contribution in [0.15, 0.2) is 27.2 Å². The minimum atomic E-state index is 0.422. The second kappa shape index (κ2) is 6.79. The van der Waals surface area contributed by atoms with Gasteiger partial charge in [-0.1, -0.05) is 42.2 Å². The molecule has 0 N–H and O–H groups in total. The van der Waals surface area contributed by atoms with E-state index in [4.69, 9.17) is 4.52 Å². The highest BCUT2D eigenvalue weighted by Crippen LogP contribution is 2.31. The average molecular weight is 348 g/mol. The lowest BCUT2D eigenvalue weighted by Crippen LogP contribution is -2.15. The van der Waals surface area contributed by atoms with Gasteiger partial charge >= 0.3 is 0 Å². The van der Waals surface area contributed by atoms with Gasteiger partial charge < -0.3 is 4.52 Å². The quantitative estimate of drug-likeness (QED) is 0.652. The summed E-state index contributed by atoms with van der Waals surface area (Å²) in [5.74, 6) is 1.81. The Kier molecular flexibility index (Phi) is 4.38. The third kappa shape index (κ3) is 3.30. The van der Waals surface area contributed by atoms with Crippen LogP contribution >= 0.6 is 23.1 Å². The molecule has 7 nitrogen and oxygen atoms in total. The molecule has 1 saturated carbocycles. The summed E-state index contributed by atoms with van der Waals surface area (Å²) in [6.07, 6.45) is 6.13. The van der Waals surface area contributed by atoms with E-state index in [1.54, 1.807) is 23.1 Å². The zero-order chi connectivity index (χ0) is 15.5.